The van der Waals surface area contributed by atoms with Crippen molar-refractivity contribution in [3.05, 3.63) is 24.6 Å². The van der Waals surface area contributed by atoms with E-state index < -0.39 is 8.80 Å². The molecule has 0 aromatic carbocycles. The highest BCUT2D eigenvalue weighted by molar-refractivity contribution is 6.69. The molecule has 0 spiro atoms. The Labute approximate surface area is 72.0 Å². The molecule has 64 valence electrons. The van der Waals surface area contributed by atoms with Crippen molar-refractivity contribution in [3.63, 3.8) is 0 Å². The highest BCUT2D eigenvalue weighted by atomic mass is 28.3. The zero-order valence-corrected chi connectivity index (χ0v) is 8.87. The van der Waals surface area contributed by atoms with Gasteiger partial charge in [-0.3, -0.25) is 0 Å². The summed E-state index contributed by atoms with van der Waals surface area (Å²) in [6, 6.07) is 0. The molecule has 0 aromatic rings. The Kier molecular flexibility index (Phi) is 6.17. The molecule has 2 heteroatoms. The van der Waals surface area contributed by atoms with E-state index in [1.165, 1.54) is 6.17 Å². The molecule has 0 saturated heterocycles. The minimum absolute atomic E-state index is 0.832. The molecule has 0 aromatic heterocycles. The van der Waals surface area contributed by atoms with Crippen molar-refractivity contribution in [2.75, 3.05) is 19.3 Å². The van der Waals surface area contributed by atoms with Crippen LogP contribution in [0.15, 0.2) is 24.6 Å². The van der Waals surface area contributed by atoms with E-state index in [0.717, 1.165) is 13.1 Å². The van der Waals surface area contributed by atoms with E-state index in [1.54, 1.807) is 0 Å². The van der Waals surface area contributed by atoms with Gasteiger partial charge < -0.3 is 4.90 Å². The van der Waals surface area contributed by atoms with Crippen LogP contribution in [0.25, 0.3) is 0 Å². The average Bonchev–Trinajstić information content (AvgIpc) is 2.07. The molecule has 0 rings (SSSR count). The van der Waals surface area contributed by atoms with Gasteiger partial charge in [-0.2, -0.15) is 0 Å². The van der Waals surface area contributed by atoms with Gasteiger partial charge in [0, 0.05) is 0 Å². The van der Waals surface area contributed by atoms with E-state index in [4.69, 9.17) is 0 Å². The first kappa shape index (κ1) is 10.7. The Balaban J connectivity index is 3.76. The van der Waals surface area contributed by atoms with Gasteiger partial charge in [-0.1, -0.05) is 25.2 Å². The fourth-order valence-electron chi connectivity index (χ4n) is 1.03. The largest absolute Gasteiger partial charge is 0.306 e. The van der Waals surface area contributed by atoms with Gasteiger partial charge in [-0.05, 0) is 19.3 Å². The van der Waals surface area contributed by atoms with Crippen LogP contribution in [-0.4, -0.2) is 33.0 Å². The maximum absolute atomic E-state index is 3.82. The Hall–Kier alpha value is -0.343. The second-order valence-corrected chi connectivity index (χ2v) is 5.26. The summed E-state index contributed by atoms with van der Waals surface area (Å²) in [7, 11) is -0.832. The van der Waals surface area contributed by atoms with Crippen molar-refractivity contribution in [2.45, 2.75) is 13.8 Å². The maximum Gasteiger partial charge on any atom is 0.0982 e. The normalized spacial score (nSPS) is 10.5. The van der Waals surface area contributed by atoms with Crippen LogP contribution in [0.3, 0.4) is 0 Å². The molecular weight excluding hydrogens is 150 g/mol. The van der Waals surface area contributed by atoms with Crippen LogP contribution in [0.1, 0.15) is 13.8 Å². The third-order valence-electron chi connectivity index (χ3n) is 1.97. The van der Waals surface area contributed by atoms with Gasteiger partial charge in [0.2, 0.25) is 0 Å². The van der Waals surface area contributed by atoms with Gasteiger partial charge in [-0.15, -0.1) is 13.2 Å². The molecule has 0 atom stereocenters. The molecule has 0 unspecified atom stereocenters. The van der Waals surface area contributed by atoms with Crippen LogP contribution < -0.4 is 0 Å². The second-order valence-electron chi connectivity index (χ2n) is 2.62. The van der Waals surface area contributed by atoms with E-state index in [9.17, 15) is 0 Å². The lowest BCUT2D eigenvalue weighted by Crippen LogP contribution is -2.32. The standard InChI is InChI=1S/C9H19NSi/c1-5-10(6-2)9-11(7-3)8-4/h7-8,11H,3-6,9H2,1-2H3. The van der Waals surface area contributed by atoms with Gasteiger partial charge in [0.05, 0.1) is 8.80 Å². The van der Waals surface area contributed by atoms with Crippen LogP contribution in [0.5, 0.6) is 0 Å². The lowest BCUT2D eigenvalue weighted by Gasteiger charge is -2.19. The lowest BCUT2D eigenvalue weighted by molar-refractivity contribution is 0.351. The minimum Gasteiger partial charge on any atom is -0.306 e. The zero-order valence-electron chi connectivity index (χ0n) is 7.71. The first-order valence-corrected chi connectivity index (χ1v) is 6.40. The molecule has 11 heavy (non-hydrogen) atoms. The van der Waals surface area contributed by atoms with Crippen LogP contribution in [0.2, 0.25) is 0 Å². The lowest BCUT2D eigenvalue weighted by atomic mass is 10.6. The highest BCUT2D eigenvalue weighted by Crippen LogP contribution is 1.92. The smallest absolute Gasteiger partial charge is 0.0982 e. The summed E-state index contributed by atoms with van der Waals surface area (Å²) in [4.78, 5) is 2.43. The van der Waals surface area contributed by atoms with Crippen molar-refractivity contribution in [1.29, 1.82) is 0 Å². The van der Waals surface area contributed by atoms with Crippen LogP contribution in [0.4, 0.5) is 0 Å². The SMILES string of the molecule is C=C[SiH](C=C)CN(CC)CC. The van der Waals surface area contributed by atoms with Crippen molar-refractivity contribution in [1.82, 2.24) is 4.90 Å². The predicted octanol–water partition coefficient (Wildman–Crippen LogP) is 1.54. The van der Waals surface area contributed by atoms with Gasteiger partial charge in [0.1, 0.15) is 0 Å². The number of rotatable bonds is 6. The molecule has 0 amide bonds. The summed E-state index contributed by atoms with van der Waals surface area (Å²) in [5, 5.41) is 0. The third kappa shape index (κ3) is 4.17. The molecule has 0 N–H and O–H groups in total. The fraction of sp³-hybridized carbons (Fsp3) is 0.556. The van der Waals surface area contributed by atoms with E-state index in [-0.39, 0.29) is 0 Å². The van der Waals surface area contributed by atoms with E-state index in [2.05, 4.69) is 43.3 Å². The van der Waals surface area contributed by atoms with E-state index >= 15 is 0 Å². The second kappa shape index (κ2) is 6.37. The minimum atomic E-state index is -0.832. The summed E-state index contributed by atoms with van der Waals surface area (Å²) in [6.07, 6.45) is 1.19. The average molecular weight is 169 g/mol. The first-order chi connectivity index (χ1) is 5.28. The third-order valence-corrected chi connectivity index (χ3v) is 4.12. The molecule has 0 aliphatic rings. The van der Waals surface area contributed by atoms with Crippen molar-refractivity contribution in [3.8, 4) is 0 Å². The van der Waals surface area contributed by atoms with Crippen molar-refractivity contribution >= 4 is 8.80 Å². The summed E-state index contributed by atoms with van der Waals surface area (Å²) in [5.41, 5.74) is 4.18. The predicted molar refractivity (Wildman–Crippen MR) is 55.3 cm³/mol. The fourth-order valence-corrected chi connectivity index (χ4v) is 2.63. The topological polar surface area (TPSA) is 3.24 Å². The van der Waals surface area contributed by atoms with E-state index in [0.29, 0.717) is 0 Å². The number of nitrogens with zero attached hydrogens (tertiary/aromatic N) is 1. The quantitative estimate of drug-likeness (QED) is 0.545. The Bertz CT molecular complexity index is 111. The monoisotopic (exact) mass is 169 g/mol. The highest BCUT2D eigenvalue weighted by Gasteiger charge is 2.05. The number of hydrogen-bond acceptors (Lipinski definition) is 1. The maximum atomic E-state index is 3.82. The first-order valence-electron chi connectivity index (χ1n) is 4.25. The Morgan fingerprint density at radius 3 is 1.91 bits per heavy atom. The molecule has 0 fully saturated rings. The molecule has 0 bridgehead atoms. The molecule has 0 heterocycles. The molecular formula is C9H19NSi. The summed E-state index contributed by atoms with van der Waals surface area (Å²) in [5.74, 6) is 0. The van der Waals surface area contributed by atoms with Gasteiger partial charge in [0.15, 0.2) is 0 Å². The van der Waals surface area contributed by atoms with Crippen molar-refractivity contribution in [2.24, 2.45) is 0 Å². The van der Waals surface area contributed by atoms with Crippen molar-refractivity contribution < 1.29 is 0 Å². The van der Waals surface area contributed by atoms with Crippen LogP contribution in [-0.2, 0) is 0 Å². The van der Waals surface area contributed by atoms with E-state index in [1.807, 2.05) is 0 Å². The molecule has 1 nitrogen and oxygen atoms in total. The Morgan fingerprint density at radius 1 is 1.18 bits per heavy atom. The molecule has 0 aliphatic carbocycles. The molecule has 0 radical (unpaired) electrons. The summed E-state index contributed by atoms with van der Waals surface area (Å²) < 4.78 is 0. The van der Waals surface area contributed by atoms with Gasteiger partial charge in [0.25, 0.3) is 0 Å². The molecule has 0 aliphatic heterocycles. The number of hydrogen-bond donors (Lipinski definition) is 0. The summed E-state index contributed by atoms with van der Waals surface area (Å²) in [6.45, 7) is 14.3. The summed E-state index contributed by atoms with van der Waals surface area (Å²) >= 11 is 0. The zero-order chi connectivity index (χ0) is 8.69. The van der Waals surface area contributed by atoms with Crippen LogP contribution >= 0.6 is 0 Å². The van der Waals surface area contributed by atoms with Gasteiger partial charge >= 0.3 is 0 Å². The Morgan fingerprint density at radius 2 is 1.64 bits per heavy atom. The molecule has 0 saturated carbocycles. The van der Waals surface area contributed by atoms with Gasteiger partial charge in [-0.25, -0.2) is 0 Å². The van der Waals surface area contributed by atoms with Crippen LogP contribution in [0, 0.1) is 0 Å².